The van der Waals surface area contributed by atoms with Gasteiger partial charge < -0.3 is 10.1 Å². The maximum atomic E-state index is 5.55. The summed E-state index contributed by atoms with van der Waals surface area (Å²) in [6.07, 6.45) is 10.6. The molecule has 0 radical (unpaired) electrons. The molecule has 18 heavy (non-hydrogen) atoms. The van der Waals surface area contributed by atoms with Crippen molar-refractivity contribution in [1.82, 2.24) is 10.2 Å². The molecule has 0 spiro atoms. The van der Waals surface area contributed by atoms with E-state index in [1.807, 2.05) is 0 Å². The molecule has 0 aromatic rings. The molecule has 1 aliphatic heterocycles. The zero-order chi connectivity index (χ0) is 11.9. The third kappa shape index (κ3) is 2.33. The molecule has 1 saturated heterocycles. The van der Waals surface area contributed by atoms with Crippen molar-refractivity contribution < 1.29 is 4.74 Å². The summed E-state index contributed by atoms with van der Waals surface area (Å²) in [6, 6.07) is 1.70. The van der Waals surface area contributed by atoms with E-state index in [0.29, 0.717) is 6.23 Å². The van der Waals surface area contributed by atoms with Gasteiger partial charge in [-0.1, -0.05) is 12.8 Å². The van der Waals surface area contributed by atoms with Crippen LogP contribution >= 0.6 is 0 Å². The lowest BCUT2D eigenvalue weighted by molar-refractivity contribution is 0.0615. The van der Waals surface area contributed by atoms with Crippen molar-refractivity contribution in [3.63, 3.8) is 0 Å². The molecule has 0 aromatic carbocycles. The van der Waals surface area contributed by atoms with E-state index in [1.165, 1.54) is 58.0 Å². The van der Waals surface area contributed by atoms with Gasteiger partial charge >= 0.3 is 0 Å². The molecule has 3 atom stereocenters. The average molecular weight is 250 g/mol. The van der Waals surface area contributed by atoms with Crippen LogP contribution in [0.2, 0.25) is 0 Å². The topological polar surface area (TPSA) is 27.8 Å². The molecule has 102 valence electrons. The molecule has 4 rings (SSSR count). The molecule has 4 aliphatic rings. The van der Waals surface area contributed by atoms with Gasteiger partial charge in [0, 0.05) is 12.1 Å². The highest BCUT2D eigenvalue weighted by Gasteiger charge is 2.50. The normalized spacial score (nSPS) is 39.5. The Morgan fingerprint density at radius 2 is 1.83 bits per heavy atom. The van der Waals surface area contributed by atoms with Gasteiger partial charge in [0.2, 0.25) is 0 Å². The molecular weight excluding hydrogens is 224 g/mol. The Balaban J connectivity index is 1.21. The van der Waals surface area contributed by atoms with E-state index in [4.69, 9.17) is 4.74 Å². The van der Waals surface area contributed by atoms with Gasteiger partial charge in [0.25, 0.3) is 0 Å². The van der Waals surface area contributed by atoms with Gasteiger partial charge in [0.1, 0.15) is 6.23 Å². The van der Waals surface area contributed by atoms with Crippen molar-refractivity contribution in [2.45, 2.75) is 63.3 Å². The quantitative estimate of drug-likeness (QED) is 0.700. The largest absolute Gasteiger partial charge is 0.357 e. The fourth-order valence-corrected chi connectivity index (χ4v) is 3.61. The van der Waals surface area contributed by atoms with Gasteiger partial charge in [-0.05, 0) is 57.0 Å². The van der Waals surface area contributed by atoms with Gasteiger partial charge in [0.15, 0.2) is 0 Å². The van der Waals surface area contributed by atoms with Gasteiger partial charge in [-0.3, -0.25) is 4.90 Å². The second-order valence-electron chi connectivity index (χ2n) is 6.84. The first-order valence-electron chi connectivity index (χ1n) is 8.01. The molecule has 3 nitrogen and oxygen atoms in total. The number of ether oxygens (including phenoxy) is 1. The van der Waals surface area contributed by atoms with Crippen LogP contribution in [-0.2, 0) is 4.74 Å². The predicted molar refractivity (Wildman–Crippen MR) is 71.3 cm³/mol. The standard InChI is InChI=1S/C15H26N2O/c1-3-11(4-1)8-16-9-12-7-14(12)17(15-10-18-15)13-5-2-6-13/h11-16H,1-10H2. The summed E-state index contributed by atoms with van der Waals surface area (Å²) in [5.74, 6) is 1.91. The van der Waals surface area contributed by atoms with Crippen LogP contribution in [0.3, 0.4) is 0 Å². The second kappa shape index (κ2) is 4.77. The van der Waals surface area contributed by atoms with E-state index < -0.39 is 0 Å². The van der Waals surface area contributed by atoms with E-state index in [9.17, 15) is 0 Å². The Labute approximate surface area is 110 Å². The summed E-state index contributed by atoms with van der Waals surface area (Å²) < 4.78 is 5.55. The highest BCUT2D eigenvalue weighted by Crippen LogP contribution is 2.44. The van der Waals surface area contributed by atoms with Crippen LogP contribution in [0.15, 0.2) is 0 Å². The fourth-order valence-electron chi connectivity index (χ4n) is 3.61. The van der Waals surface area contributed by atoms with Crippen molar-refractivity contribution in [2.24, 2.45) is 11.8 Å². The Morgan fingerprint density at radius 1 is 1.06 bits per heavy atom. The van der Waals surface area contributed by atoms with Crippen molar-refractivity contribution in [2.75, 3.05) is 19.7 Å². The van der Waals surface area contributed by atoms with Crippen LogP contribution in [0.4, 0.5) is 0 Å². The van der Waals surface area contributed by atoms with Crippen LogP contribution in [0.1, 0.15) is 44.9 Å². The summed E-state index contributed by atoms with van der Waals surface area (Å²) >= 11 is 0. The first-order valence-corrected chi connectivity index (χ1v) is 8.01. The Kier molecular flexibility index (Phi) is 3.10. The molecule has 0 aromatic heterocycles. The van der Waals surface area contributed by atoms with E-state index in [2.05, 4.69) is 10.2 Å². The monoisotopic (exact) mass is 250 g/mol. The van der Waals surface area contributed by atoms with Crippen LogP contribution in [0.5, 0.6) is 0 Å². The lowest BCUT2D eigenvalue weighted by Gasteiger charge is -2.37. The molecule has 0 amide bonds. The molecule has 3 heteroatoms. The zero-order valence-electron chi connectivity index (χ0n) is 11.3. The maximum absolute atomic E-state index is 5.55. The first-order chi connectivity index (χ1) is 8.92. The van der Waals surface area contributed by atoms with Crippen molar-refractivity contribution in [3.05, 3.63) is 0 Å². The second-order valence-corrected chi connectivity index (χ2v) is 6.84. The molecule has 3 saturated carbocycles. The third-order valence-corrected chi connectivity index (χ3v) is 5.48. The van der Waals surface area contributed by atoms with Crippen LogP contribution in [0, 0.1) is 11.8 Å². The van der Waals surface area contributed by atoms with E-state index in [-0.39, 0.29) is 0 Å². The summed E-state index contributed by atoms with van der Waals surface area (Å²) in [7, 11) is 0. The number of hydrogen-bond acceptors (Lipinski definition) is 3. The lowest BCUT2D eigenvalue weighted by Crippen LogP contribution is -2.44. The van der Waals surface area contributed by atoms with E-state index >= 15 is 0 Å². The first kappa shape index (κ1) is 11.7. The van der Waals surface area contributed by atoms with Gasteiger partial charge in [0.05, 0.1) is 6.61 Å². The highest BCUT2D eigenvalue weighted by molar-refractivity contribution is 5.02. The predicted octanol–water partition coefficient (Wildman–Crippen LogP) is 1.98. The number of hydrogen-bond donors (Lipinski definition) is 1. The minimum atomic E-state index is 0.497. The summed E-state index contributed by atoms with van der Waals surface area (Å²) in [6.45, 7) is 3.51. The Hall–Kier alpha value is -0.120. The molecule has 3 aliphatic carbocycles. The van der Waals surface area contributed by atoms with Crippen molar-refractivity contribution in [3.8, 4) is 0 Å². The minimum absolute atomic E-state index is 0.497. The molecular formula is C15H26N2O. The number of epoxide rings is 1. The summed E-state index contributed by atoms with van der Waals surface area (Å²) in [5.41, 5.74) is 0. The highest BCUT2D eigenvalue weighted by atomic mass is 16.6. The van der Waals surface area contributed by atoms with Crippen LogP contribution < -0.4 is 5.32 Å². The fraction of sp³-hybridized carbons (Fsp3) is 1.00. The third-order valence-electron chi connectivity index (χ3n) is 5.48. The Morgan fingerprint density at radius 3 is 2.39 bits per heavy atom. The van der Waals surface area contributed by atoms with E-state index in [0.717, 1.165) is 30.5 Å². The molecule has 1 N–H and O–H groups in total. The summed E-state index contributed by atoms with van der Waals surface area (Å²) in [4.78, 5) is 2.72. The molecule has 0 bridgehead atoms. The smallest absolute Gasteiger partial charge is 0.134 e. The summed E-state index contributed by atoms with van der Waals surface area (Å²) in [5, 5.41) is 3.70. The van der Waals surface area contributed by atoms with E-state index in [1.54, 1.807) is 0 Å². The van der Waals surface area contributed by atoms with Crippen LogP contribution in [-0.4, -0.2) is 42.9 Å². The maximum Gasteiger partial charge on any atom is 0.134 e. The minimum Gasteiger partial charge on any atom is -0.357 e. The molecule has 1 heterocycles. The number of rotatable bonds is 7. The number of nitrogens with zero attached hydrogens (tertiary/aromatic N) is 1. The SMILES string of the molecule is C1CC(CNCC2CC2N(C2CCC2)C2CO2)C1. The van der Waals surface area contributed by atoms with Gasteiger partial charge in [-0.25, -0.2) is 0 Å². The zero-order valence-corrected chi connectivity index (χ0v) is 11.3. The number of nitrogens with one attached hydrogen (secondary N) is 1. The molecule has 3 unspecified atom stereocenters. The van der Waals surface area contributed by atoms with Crippen LogP contribution in [0.25, 0.3) is 0 Å². The van der Waals surface area contributed by atoms with Crippen molar-refractivity contribution >= 4 is 0 Å². The van der Waals surface area contributed by atoms with Crippen molar-refractivity contribution in [1.29, 1.82) is 0 Å². The Bertz CT molecular complexity index is 297. The van der Waals surface area contributed by atoms with Gasteiger partial charge in [-0.15, -0.1) is 0 Å². The average Bonchev–Trinajstić information content (AvgIpc) is 3.09. The molecule has 4 fully saturated rings. The van der Waals surface area contributed by atoms with Gasteiger partial charge in [-0.2, -0.15) is 0 Å². The lowest BCUT2D eigenvalue weighted by atomic mass is 9.85.